The first-order valence-corrected chi connectivity index (χ1v) is 4.49. The van der Waals surface area contributed by atoms with Crippen molar-refractivity contribution < 1.29 is 4.79 Å². The van der Waals surface area contributed by atoms with Gasteiger partial charge < -0.3 is 16.4 Å². The molecule has 0 aliphatic carbocycles. The van der Waals surface area contributed by atoms with E-state index in [1.54, 1.807) is 0 Å². The lowest BCUT2D eigenvalue weighted by atomic mass is 10.3. The number of nitrogens with one attached hydrogen (secondary N) is 2. The molecule has 72 valence electrons. The first-order chi connectivity index (χ1) is 5.91. The first kappa shape index (κ1) is 11.4. The van der Waals surface area contributed by atoms with Crippen LogP contribution in [0.2, 0.25) is 0 Å². The van der Waals surface area contributed by atoms with Crippen LogP contribution in [0, 0.1) is 0 Å². The third kappa shape index (κ3) is 9.39. The van der Waals surface area contributed by atoms with Crippen LogP contribution in [0.1, 0.15) is 19.3 Å². The molecule has 0 atom stereocenters. The van der Waals surface area contributed by atoms with Gasteiger partial charge in [0.2, 0.25) is 6.41 Å². The molecule has 0 saturated carbocycles. The van der Waals surface area contributed by atoms with Crippen molar-refractivity contribution in [3.05, 3.63) is 0 Å². The zero-order valence-corrected chi connectivity index (χ0v) is 7.51. The average molecular weight is 173 g/mol. The molecule has 0 aromatic rings. The quantitative estimate of drug-likeness (QED) is 0.324. The molecular weight excluding hydrogens is 154 g/mol. The van der Waals surface area contributed by atoms with E-state index < -0.39 is 0 Å². The Kier molecular flexibility index (Phi) is 9.86. The number of nitrogens with two attached hydrogens (primary N) is 1. The number of carbonyl (C=O) groups excluding carboxylic acids is 1. The fraction of sp³-hybridized carbons (Fsp3) is 0.875. The Morgan fingerprint density at radius 3 is 2.50 bits per heavy atom. The minimum Gasteiger partial charge on any atom is -0.359 e. The predicted molar refractivity (Wildman–Crippen MR) is 49.8 cm³/mol. The molecule has 0 spiro atoms. The van der Waals surface area contributed by atoms with Gasteiger partial charge in [-0.15, -0.1) is 0 Å². The van der Waals surface area contributed by atoms with Gasteiger partial charge in [0.1, 0.15) is 0 Å². The molecule has 0 bridgehead atoms. The molecular formula is C8H19N3O. The first-order valence-electron chi connectivity index (χ1n) is 4.49. The van der Waals surface area contributed by atoms with Crippen LogP contribution in [0.15, 0.2) is 0 Å². The molecule has 0 aromatic carbocycles. The molecule has 1 amide bonds. The summed E-state index contributed by atoms with van der Waals surface area (Å²) >= 11 is 0. The zero-order chi connectivity index (χ0) is 9.07. The number of hydrogen-bond donors (Lipinski definition) is 3. The summed E-state index contributed by atoms with van der Waals surface area (Å²) in [6.45, 7) is 3.52. The van der Waals surface area contributed by atoms with E-state index in [-0.39, 0.29) is 0 Å². The van der Waals surface area contributed by atoms with Crippen molar-refractivity contribution in [1.82, 2.24) is 10.6 Å². The third-order valence-corrected chi connectivity index (χ3v) is 1.57. The zero-order valence-electron chi connectivity index (χ0n) is 7.51. The maximum absolute atomic E-state index is 9.83. The molecule has 0 aromatic heterocycles. The highest BCUT2D eigenvalue weighted by molar-refractivity contribution is 5.45. The number of amides is 1. The molecule has 0 heterocycles. The largest absolute Gasteiger partial charge is 0.359 e. The SMILES string of the molecule is NCCCCNCCCNC=O. The molecule has 0 aliphatic rings. The molecule has 4 heteroatoms. The van der Waals surface area contributed by atoms with Crippen LogP contribution >= 0.6 is 0 Å². The molecule has 0 saturated heterocycles. The van der Waals surface area contributed by atoms with Crippen molar-refractivity contribution >= 4 is 6.41 Å². The van der Waals surface area contributed by atoms with Gasteiger partial charge >= 0.3 is 0 Å². The molecule has 4 nitrogen and oxygen atoms in total. The molecule has 0 rings (SSSR count). The fourth-order valence-electron chi connectivity index (χ4n) is 0.894. The van der Waals surface area contributed by atoms with Crippen LogP contribution in [0.25, 0.3) is 0 Å². The second-order valence-corrected chi connectivity index (χ2v) is 2.67. The molecule has 12 heavy (non-hydrogen) atoms. The topological polar surface area (TPSA) is 67.2 Å². The summed E-state index contributed by atoms with van der Waals surface area (Å²) in [7, 11) is 0. The second kappa shape index (κ2) is 10.4. The van der Waals surface area contributed by atoms with Gasteiger partial charge in [0.05, 0.1) is 0 Å². The highest BCUT2D eigenvalue weighted by Crippen LogP contribution is 1.82. The Balaban J connectivity index is 2.77. The van der Waals surface area contributed by atoms with Crippen molar-refractivity contribution in [2.24, 2.45) is 5.73 Å². The predicted octanol–water partition coefficient (Wildman–Crippen LogP) is -0.549. The van der Waals surface area contributed by atoms with Gasteiger partial charge in [-0.2, -0.15) is 0 Å². The molecule has 4 N–H and O–H groups in total. The van der Waals surface area contributed by atoms with Crippen LogP contribution < -0.4 is 16.4 Å². The van der Waals surface area contributed by atoms with Crippen LogP contribution in [-0.4, -0.2) is 32.6 Å². The summed E-state index contributed by atoms with van der Waals surface area (Å²) < 4.78 is 0. The Bertz CT molecular complexity index is 98.3. The summed E-state index contributed by atoms with van der Waals surface area (Å²) in [5, 5.41) is 5.88. The van der Waals surface area contributed by atoms with Crippen molar-refractivity contribution in [2.45, 2.75) is 19.3 Å². The van der Waals surface area contributed by atoms with Gasteiger partial charge in [0.25, 0.3) is 0 Å². The fourth-order valence-corrected chi connectivity index (χ4v) is 0.894. The highest BCUT2D eigenvalue weighted by atomic mass is 16.1. The average Bonchev–Trinajstić information content (AvgIpc) is 2.10. The minimum absolute atomic E-state index is 0.731. The van der Waals surface area contributed by atoms with Gasteiger partial charge in [-0.05, 0) is 38.9 Å². The van der Waals surface area contributed by atoms with Gasteiger partial charge in [-0.1, -0.05) is 0 Å². The summed E-state index contributed by atoms with van der Waals surface area (Å²) in [5.41, 5.74) is 5.33. The van der Waals surface area contributed by atoms with Gasteiger partial charge in [-0.25, -0.2) is 0 Å². The van der Waals surface area contributed by atoms with Gasteiger partial charge in [-0.3, -0.25) is 4.79 Å². The maximum Gasteiger partial charge on any atom is 0.207 e. The summed E-state index contributed by atoms with van der Waals surface area (Å²) in [6, 6.07) is 0. The monoisotopic (exact) mass is 173 g/mol. The lowest BCUT2D eigenvalue weighted by Gasteiger charge is -2.02. The Hall–Kier alpha value is -0.610. The Labute approximate surface area is 73.9 Å². The molecule has 0 unspecified atom stereocenters. The Morgan fingerprint density at radius 2 is 1.83 bits per heavy atom. The van der Waals surface area contributed by atoms with E-state index >= 15 is 0 Å². The van der Waals surface area contributed by atoms with E-state index in [1.807, 2.05) is 0 Å². The number of unbranched alkanes of at least 4 members (excludes halogenated alkanes) is 1. The lowest BCUT2D eigenvalue weighted by molar-refractivity contribution is -0.109. The normalized spacial score (nSPS) is 9.75. The van der Waals surface area contributed by atoms with Crippen molar-refractivity contribution in [1.29, 1.82) is 0 Å². The van der Waals surface area contributed by atoms with E-state index in [9.17, 15) is 4.79 Å². The van der Waals surface area contributed by atoms with Crippen molar-refractivity contribution in [3.8, 4) is 0 Å². The van der Waals surface area contributed by atoms with E-state index in [1.165, 1.54) is 0 Å². The van der Waals surface area contributed by atoms with Crippen LogP contribution in [0.3, 0.4) is 0 Å². The number of carbonyl (C=O) groups is 1. The van der Waals surface area contributed by atoms with Crippen molar-refractivity contribution in [2.75, 3.05) is 26.2 Å². The van der Waals surface area contributed by atoms with E-state index in [0.29, 0.717) is 0 Å². The molecule has 0 radical (unpaired) electrons. The highest BCUT2D eigenvalue weighted by Gasteiger charge is 1.87. The Morgan fingerprint density at radius 1 is 1.08 bits per heavy atom. The lowest BCUT2D eigenvalue weighted by Crippen LogP contribution is -2.22. The molecule has 0 aliphatic heterocycles. The molecule has 0 fully saturated rings. The van der Waals surface area contributed by atoms with Crippen LogP contribution in [-0.2, 0) is 4.79 Å². The number of hydrogen-bond acceptors (Lipinski definition) is 3. The summed E-state index contributed by atoms with van der Waals surface area (Å²) in [5.74, 6) is 0. The summed E-state index contributed by atoms with van der Waals surface area (Å²) in [6.07, 6.45) is 3.94. The van der Waals surface area contributed by atoms with Crippen LogP contribution in [0.4, 0.5) is 0 Å². The summed E-state index contributed by atoms with van der Waals surface area (Å²) in [4.78, 5) is 9.83. The van der Waals surface area contributed by atoms with Gasteiger partial charge in [0, 0.05) is 6.54 Å². The standard InChI is InChI=1S/C8H19N3O/c9-4-1-2-5-10-6-3-7-11-8-12/h8,10H,1-7,9H2,(H,11,12). The van der Waals surface area contributed by atoms with E-state index in [0.717, 1.165) is 51.9 Å². The van der Waals surface area contributed by atoms with Gasteiger partial charge in [0.15, 0.2) is 0 Å². The smallest absolute Gasteiger partial charge is 0.207 e. The minimum atomic E-state index is 0.731. The second-order valence-electron chi connectivity index (χ2n) is 2.67. The van der Waals surface area contributed by atoms with Crippen molar-refractivity contribution in [3.63, 3.8) is 0 Å². The van der Waals surface area contributed by atoms with Crippen LogP contribution in [0.5, 0.6) is 0 Å². The van der Waals surface area contributed by atoms with E-state index in [4.69, 9.17) is 5.73 Å². The maximum atomic E-state index is 9.83. The van der Waals surface area contributed by atoms with E-state index in [2.05, 4.69) is 10.6 Å². The number of rotatable bonds is 9. The third-order valence-electron chi connectivity index (χ3n) is 1.57.